The predicted octanol–water partition coefficient (Wildman–Crippen LogP) is 2.26. The highest BCUT2D eigenvalue weighted by atomic mass is 32.2. The van der Waals surface area contributed by atoms with Gasteiger partial charge in [-0.15, -0.1) is 0 Å². The van der Waals surface area contributed by atoms with Crippen molar-refractivity contribution >= 4 is 26.7 Å². The van der Waals surface area contributed by atoms with Crippen LogP contribution in [0.1, 0.15) is 25.3 Å². The standard InChI is InChI=1S/C17H20N2O5S/c1-11(20)3-2-4-12-5-6-13-9-16(21)15(8-14(13)7-12)19-10-17(22)18-25(19,23)24/h5-11,18,20-22H,2-4H2,1H3. The Morgan fingerprint density at radius 1 is 1.16 bits per heavy atom. The normalized spacial score (nSPS) is 17.4. The first-order chi connectivity index (χ1) is 11.8. The van der Waals surface area contributed by atoms with E-state index in [2.05, 4.69) is 0 Å². The Kier molecular flexibility index (Phi) is 4.49. The first-order valence-corrected chi connectivity index (χ1v) is 9.37. The van der Waals surface area contributed by atoms with E-state index < -0.39 is 16.1 Å². The van der Waals surface area contributed by atoms with Crippen LogP contribution < -0.4 is 9.03 Å². The van der Waals surface area contributed by atoms with Crippen LogP contribution >= 0.6 is 0 Å². The van der Waals surface area contributed by atoms with Crippen LogP contribution in [0.25, 0.3) is 10.8 Å². The maximum absolute atomic E-state index is 12.0. The van der Waals surface area contributed by atoms with Crippen molar-refractivity contribution in [1.82, 2.24) is 4.72 Å². The van der Waals surface area contributed by atoms with Crippen LogP contribution in [0.15, 0.2) is 42.4 Å². The quantitative estimate of drug-likeness (QED) is 0.650. The molecule has 1 aliphatic heterocycles. The van der Waals surface area contributed by atoms with E-state index in [1.54, 1.807) is 13.0 Å². The minimum absolute atomic E-state index is 0.0604. The van der Waals surface area contributed by atoms with Gasteiger partial charge in [0.2, 0.25) is 5.88 Å². The Labute approximate surface area is 146 Å². The van der Waals surface area contributed by atoms with Crippen molar-refractivity contribution in [3.63, 3.8) is 0 Å². The van der Waals surface area contributed by atoms with E-state index >= 15 is 0 Å². The molecule has 1 aliphatic rings. The number of aliphatic hydroxyl groups is 2. The van der Waals surface area contributed by atoms with Gasteiger partial charge < -0.3 is 15.3 Å². The summed E-state index contributed by atoms with van der Waals surface area (Å²) in [6.45, 7) is 1.75. The fourth-order valence-electron chi connectivity index (χ4n) is 2.84. The first kappa shape index (κ1) is 17.4. The third-order valence-electron chi connectivity index (χ3n) is 4.05. The van der Waals surface area contributed by atoms with Gasteiger partial charge in [-0.2, -0.15) is 8.42 Å². The molecule has 2 aromatic rings. The molecule has 0 bridgehead atoms. The Balaban J connectivity index is 1.96. The van der Waals surface area contributed by atoms with Crippen molar-refractivity contribution in [3.8, 4) is 5.75 Å². The zero-order valence-corrected chi connectivity index (χ0v) is 14.5. The highest BCUT2D eigenvalue weighted by Gasteiger charge is 2.30. The smallest absolute Gasteiger partial charge is 0.330 e. The largest absolute Gasteiger partial charge is 0.506 e. The van der Waals surface area contributed by atoms with Crippen LogP contribution in [0, 0.1) is 0 Å². The van der Waals surface area contributed by atoms with Gasteiger partial charge in [0.1, 0.15) is 11.4 Å². The van der Waals surface area contributed by atoms with Crippen LogP contribution in [-0.2, 0) is 16.6 Å². The number of phenols is 1. The van der Waals surface area contributed by atoms with Crippen molar-refractivity contribution < 1.29 is 23.7 Å². The summed E-state index contributed by atoms with van der Waals surface area (Å²) in [6.07, 6.45) is 3.01. The van der Waals surface area contributed by atoms with Gasteiger partial charge in [-0.05, 0) is 54.7 Å². The highest BCUT2D eigenvalue weighted by Crippen LogP contribution is 2.35. The van der Waals surface area contributed by atoms with Crippen LogP contribution in [0.2, 0.25) is 0 Å². The van der Waals surface area contributed by atoms with Gasteiger partial charge in [-0.25, -0.2) is 9.03 Å². The molecule has 8 heteroatoms. The number of phenolic OH excluding ortho intramolecular Hbond substituents is 1. The zero-order chi connectivity index (χ0) is 18.2. The maximum atomic E-state index is 12.0. The monoisotopic (exact) mass is 364 g/mol. The molecule has 0 saturated heterocycles. The molecule has 0 spiro atoms. The van der Waals surface area contributed by atoms with E-state index in [-0.39, 0.29) is 17.5 Å². The lowest BCUT2D eigenvalue weighted by Gasteiger charge is -2.16. The lowest BCUT2D eigenvalue weighted by molar-refractivity contribution is 0.182. The molecule has 1 atom stereocenters. The third-order valence-corrected chi connectivity index (χ3v) is 5.34. The summed E-state index contributed by atoms with van der Waals surface area (Å²) in [4.78, 5) is 0. The average Bonchev–Trinajstić information content (AvgIpc) is 2.79. The third kappa shape index (κ3) is 3.64. The van der Waals surface area contributed by atoms with Crippen LogP contribution in [0.3, 0.4) is 0 Å². The van der Waals surface area contributed by atoms with E-state index in [9.17, 15) is 23.7 Å². The molecule has 4 N–H and O–H groups in total. The van der Waals surface area contributed by atoms with E-state index in [4.69, 9.17) is 0 Å². The summed E-state index contributed by atoms with van der Waals surface area (Å²) in [5, 5.41) is 30.5. The Hall–Kier alpha value is -2.45. The fourth-order valence-corrected chi connectivity index (χ4v) is 3.90. The molecule has 7 nitrogen and oxygen atoms in total. The summed E-state index contributed by atoms with van der Waals surface area (Å²) >= 11 is 0. The lowest BCUT2D eigenvalue weighted by Crippen LogP contribution is -2.29. The van der Waals surface area contributed by atoms with Crippen LogP contribution in [-0.4, -0.2) is 29.8 Å². The van der Waals surface area contributed by atoms with Gasteiger partial charge in [0.15, 0.2) is 0 Å². The Morgan fingerprint density at radius 3 is 2.56 bits per heavy atom. The molecular formula is C17H20N2O5S. The number of rotatable bonds is 5. The second-order valence-corrected chi connectivity index (χ2v) is 7.73. The molecule has 1 unspecified atom stereocenters. The van der Waals surface area contributed by atoms with Gasteiger partial charge >= 0.3 is 10.2 Å². The minimum Gasteiger partial charge on any atom is -0.506 e. The number of hydrogen-bond donors (Lipinski definition) is 4. The molecule has 134 valence electrons. The molecule has 0 aromatic heterocycles. The van der Waals surface area contributed by atoms with Gasteiger partial charge in [-0.3, -0.25) is 0 Å². The van der Waals surface area contributed by atoms with E-state index in [1.165, 1.54) is 6.07 Å². The number of aryl methyl sites for hydroxylation is 1. The van der Waals surface area contributed by atoms with E-state index in [1.807, 2.05) is 22.9 Å². The Morgan fingerprint density at radius 2 is 1.92 bits per heavy atom. The van der Waals surface area contributed by atoms with Gasteiger partial charge in [0, 0.05) is 0 Å². The first-order valence-electron chi connectivity index (χ1n) is 7.93. The number of aliphatic hydroxyl groups excluding tert-OH is 2. The molecular weight excluding hydrogens is 344 g/mol. The van der Waals surface area contributed by atoms with Crippen molar-refractivity contribution in [1.29, 1.82) is 0 Å². The highest BCUT2D eigenvalue weighted by molar-refractivity contribution is 7.91. The van der Waals surface area contributed by atoms with E-state index in [0.717, 1.165) is 39.7 Å². The average molecular weight is 364 g/mol. The topological polar surface area (TPSA) is 110 Å². The SMILES string of the molecule is CC(O)CCCc1ccc2cc(O)c(N3C=C(O)NS3(=O)=O)cc2c1. The number of nitrogens with zero attached hydrogens (tertiary/aromatic N) is 1. The summed E-state index contributed by atoms with van der Waals surface area (Å²) < 4.78 is 26.8. The molecule has 0 amide bonds. The number of fused-ring (bicyclic) bond motifs is 1. The molecule has 0 saturated carbocycles. The molecule has 3 rings (SSSR count). The summed E-state index contributed by atoms with van der Waals surface area (Å²) in [7, 11) is -3.96. The second kappa shape index (κ2) is 6.45. The van der Waals surface area contributed by atoms with Gasteiger partial charge in [-0.1, -0.05) is 18.2 Å². The molecule has 0 radical (unpaired) electrons. The summed E-state index contributed by atoms with van der Waals surface area (Å²) in [5.74, 6) is -0.711. The zero-order valence-electron chi connectivity index (χ0n) is 13.7. The number of aromatic hydroxyl groups is 1. The van der Waals surface area contributed by atoms with Crippen LogP contribution in [0.4, 0.5) is 5.69 Å². The van der Waals surface area contributed by atoms with Crippen molar-refractivity contribution in [2.24, 2.45) is 0 Å². The van der Waals surface area contributed by atoms with Crippen molar-refractivity contribution in [2.45, 2.75) is 32.3 Å². The van der Waals surface area contributed by atoms with E-state index in [0.29, 0.717) is 6.42 Å². The summed E-state index contributed by atoms with van der Waals surface area (Å²) in [5.41, 5.74) is 1.12. The van der Waals surface area contributed by atoms with Gasteiger partial charge in [0.25, 0.3) is 0 Å². The van der Waals surface area contributed by atoms with Crippen molar-refractivity contribution in [2.75, 3.05) is 4.31 Å². The number of benzene rings is 2. The lowest BCUT2D eigenvalue weighted by atomic mass is 10.0. The Bertz CT molecular complexity index is 937. The molecule has 25 heavy (non-hydrogen) atoms. The number of nitrogens with one attached hydrogen (secondary N) is 1. The van der Waals surface area contributed by atoms with Crippen LogP contribution in [0.5, 0.6) is 5.75 Å². The molecule has 0 aliphatic carbocycles. The molecule has 0 fully saturated rings. The molecule has 2 aromatic carbocycles. The predicted molar refractivity (Wildman–Crippen MR) is 95.5 cm³/mol. The van der Waals surface area contributed by atoms with Crippen molar-refractivity contribution in [3.05, 3.63) is 48.0 Å². The molecule has 1 heterocycles. The second-order valence-electron chi connectivity index (χ2n) is 6.18. The number of anilines is 1. The number of hydrogen-bond acceptors (Lipinski definition) is 5. The maximum Gasteiger partial charge on any atom is 0.330 e. The minimum atomic E-state index is -3.96. The fraction of sp³-hybridized carbons (Fsp3) is 0.294. The summed E-state index contributed by atoms with van der Waals surface area (Å²) in [6, 6.07) is 8.80. The van der Waals surface area contributed by atoms with Gasteiger partial charge in [0.05, 0.1) is 12.3 Å².